The Kier molecular flexibility index (Phi) is 5.81. The van der Waals surface area contributed by atoms with Crippen LogP contribution < -0.4 is 0 Å². The number of ether oxygens (including phenoxy) is 1. The van der Waals surface area contributed by atoms with E-state index in [1.807, 2.05) is 37.8 Å². The van der Waals surface area contributed by atoms with Gasteiger partial charge in [0.15, 0.2) is 5.76 Å². The summed E-state index contributed by atoms with van der Waals surface area (Å²) < 4.78 is 11.1. The van der Waals surface area contributed by atoms with Crippen LogP contribution in [0.5, 0.6) is 0 Å². The molecule has 168 valence electrons. The standard InChI is InChI=1S/C24H32ClN3O3/c1-16-6-7-19(25)8-17(16)12-27(5)13-20-9-21(26-31-20)18-10-24(11-18)14-28(15-24)22(29)30-23(2,3)4/h6-9,18H,10-15H2,1-5H3. The Morgan fingerprint density at radius 3 is 2.68 bits per heavy atom. The van der Waals surface area contributed by atoms with Crippen LogP contribution in [0, 0.1) is 12.3 Å². The predicted octanol–water partition coefficient (Wildman–Crippen LogP) is 5.38. The molecule has 0 atom stereocenters. The number of carbonyl (C=O) groups is 1. The quantitative estimate of drug-likeness (QED) is 0.618. The number of halogens is 1. The van der Waals surface area contributed by atoms with Crippen molar-refractivity contribution in [1.82, 2.24) is 15.0 Å². The zero-order valence-corrected chi connectivity index (χ0v) is 19.8. The molecule has 1 spiro atoms. The number of aromatic nitrogens is 1. The van der Waals surface area contributed by atoms with Crippen LogP contribution in [0.3, 0.4) is 0 Å². The van der Waals surface area contributed by atoms with Gasteiger partial charge in [-0.05, 0) is 70.8 Å². The third-order valence-electron chi connectivity index (χ3n) is 6.24. The highest BCUT2D eigenvalue weighted by Gasteiger charge is 2.55. The molecule has 0 N–H and O–H groups in total. The van der Waals surface area contributed by atoms with Crippen LogP contribution in [0.15, 0.2) is 28.8 Å². The van der Waals surface area contributed by atoms with E-state index in [1.165, 1.54) is 11.1 Å². The lowest BCUT2D eigenvalue weighted by atomic mass is 9.57. The first kappa shape index (κ1) is 22.2. The van der Waals surface area contributed by atoms with Crippen molar-refractivity contribution in [2.24, 2.45) is 5.41 Å². The zero-order chi connectivity index (χ0) is 22.4. The first-order valence-electron chi connectivity index (χ1n) is 10.9. The maximum absolute atomic E-state index is 12.2. The van der Waals surface area contributed by atoms with Gasteiger partial charge in [0.05, 0.1) is 12.2 Å². The maximum Gasteiger partial charge on any atom is 0.410 e. The molecule has 1 aromatic heterocycles. The van der Waals surface area contributed by atoms with Crippen LogP contribution in [0.2, 0.25) is 5.02 Å². The highest BCUT2D eigenvalue weighted by molar-refractivity contribution is 6.30. The van der Waals surface area contributed by atoms with E-state index in [4.69, 9.17) is 20.9 Å². The monoisotopic (exact) mass is 445 g/mol. The van der Waals surface area contributed by atoms with E-state index in [0.29, 0.717) is 12.5 Å². The number of benzene rings is 1. The molecule has 31 heavy (non-hydrogen) atoms. The van der Waals surface area contributed by atoms with Gasteiger partial charge in [0, 0.05) is 42.1 Å². The Labute approximate surface area is 189 Å². The number of amides is 1. The molecule has 6 nitrogen and oxygen atoms in total. The molecule has 4 rings (SSSR count). The van der Waals surface area contributed by atoms with Gasteiger partial charge in [-0.3, -0.25) is 4.90 Å². The van der Waals surface area contributed by atoms with E-state index in [0.717, 1.165) is 49.0 Å². The molecular weight excluding hydrogens is 414 g/mol. The van der Waals surface area contributed by atoms with E-state index in [9.17, 15) is 4.79 Å². The minimum Gasteiger partial charge on any atom is -0.444 e. The third-order valence-corrected chi connectivity index (χ3v) is 6.47. The van der Waals surface area contributed by atoms with Gasteiger partial charge in [0.25, 0.3) is 0 Å². The average molecular weight is 446 g/mol. The van der Waals surface area contributed by atoms with Gasteiger partial charge in [0.1, 0.15) is 5.60 Å². The maximum atomic E-state index is 12.2. The normalized spacial score (nSPS) is 18.2. The van der Waals surface area contributed by atoms with Gasteiger partial charge in [-0.15, -0.1) is 0 Å². The van der Waals surface area contributed by atoms with Crippen LogP contribution in [0.1, 0.15) is 62.1 Å². The van der Waals surface area contributed by atoms with Gasteiger partial charge in [-0.2, -0.15) is 0 Å². The summed E-state index contributed by atoms with van der Waals surface area (Å²) in [5.41, 5.74) is 3.27. The highest BCUT2D eigenvalue weighted by Crippen LogP contribution is 2.56. The molecule has 2 aromatic rings. The molecule has 0 radical (unpaired) electrons. The van der Waals surface area contributed by atoms with Crippen LogP contribution in [-0.2, 0) is 17.8 Å². The van der Waals surface area contributed by atoms with Gasteiger partial charge >= 0.3 is 6.09 Å². The van der Waals surface area contributed by atoms with E-state index < -0.39 is 5.60 Å². The second kappa shape index (κ2) is 8.14. The van der Waals surface area contributed by atoms with Crippen molar-refractivity contribution >= 4 is 17.7 Å². The first-order valence-corrected chi connectivity index (χ1v) is 11.3. The van der Waals surface area contributed by atoms with Gasteiger partial charge in [0.2, 0.25) is 0 Å². The van der Waals surface area contributed by atoms with Crippen LogP contribution in [0.25, 0.3) is 0 Å². The number of carbonyl (C=O) groups excluding carboxylic acids is 1. The molecule has 2 heterocycles. The van der Waals surface area contributed by atoms with E-state index in [1.54, 1.807) is 0 Å². The van der Waals surface area contributed by atoms with Crippen molar-refractivity contribution in [3.63, 3.8) is 0 Å². The van der Waals surface area contributed by atoms with Crippen molar-refractivity contribution in [2.75, 3.05) is 20.1 Å². The first-order chi connectivity index (χ1) is 14.5. The fraction of sp³-hybridized carbons (Fsp3) is 0.583. The number of aryl methyl sites for hydroxylation is 1. The molecule has 0 bridgehead atoms. The highest BCUT2D eigenvalue weighted by atomic mass is 35.5. The average Bonchev–Trinajstić information content (AvgIpc) is 3.02. The number of nitrogens with zero attached hydrogens (tertiary/aromatic N) is 3. The van der Waals surface area contributed by atoms with Crippen molar-refractivity contribution in [1.29, 1.82) is 0 Å². The van der Waals surface area contributed by atoms with Gasteiger partial charge in [-0.25, -0.2) is 4.79 Å². The Morgan fingerprint density at radius 2 is 2.00 bits per heavy atom. The smallest absolute Gasteiger partial charge is 0.410 e. The molecule has 1 saturated heterocycles. The number of likely N-dealkylation sites (tertiary alicyclic amines) is 1. The summed E-state index contributed by atoms with van der Waals surface area (Å²) in [6, 6.07) is 8.08. The van der Waals surface area contributed by atoms with Crippen LogP contribution in [-0.4, -0.2) is 46.8 Å². The summed E-state index contributed by atoms with van der Waals surface area (Å²) in [6.07, 6.45) is 1.90. The molecule has 2 aliphatic rings. The fourth-order valence-corrected chi connectivity index (χ4v) is 4.89. The summed E-state index contributed by atoms with van der Waals surface area (Å²) >= 11 is 6.14. The van der Waals surface area contributed by atoms with Crippen molar-refractivity contribution in [3.8, 4) is 0 Å². The van der Waals surface area contributed by atoms with Gasteiger partial charge < -0.3 is 14.2 Å². The number of rotatable bonds is 5. The summed E-state index contributed by atoms with van der Waals surface area (Å²) in [6.45, 7) is 10.9. The number of hydrogen-bond donors (Lipinski definition) is 0. The largest absolute Gasteiger partial charge is 0.444 e. The minimum absolute atomic E-state index is 0.205. The minimum atomic E-state index is -0.447. The van der Waals surface area contributed by atoms with E-state index in [-0.39, 0.29) is 11.5 Å². The molecule has 1 aliphatic carbocycles. The Hall–Kier alpha value is -2.05. The van der Waals surface area contributed by atoms with E-state index >= 15 is 0 Å². The molecule has 1 amide bonds. The Balaban J connectivity index is 1.25. The second-order valence-corrected chi connectivity index (χ2v) is 10.8. The zero-order valence-electron chi connectivity index (χ0n) is 19.1. The SMILES string of the molecule is Cc1ccc(Cl)cc1CN(C)Cc1cc(C2CC3(C2)CN(C(=O)OC(C)(C)C)C3)no1. The molecule has 2 fully saturated rings. The van der Waals surface area contributed by atoms with Crippen LogP contribution >= 0.6 is 11.6 Å². The lowest BCUT2D eigenvalue weighted by molar-refractivity contribution is -0.0794. The summed E-state index contributed by atoms with van der Waals surface area (Å²) in [5.74, 6) is 1.29. The predicted molar refractivity (Wildman–Crippen MR) is 120 cm³/mol. The third kappa shape index (κ3) is 5.07. The molecule has 1 aromatic carbocycles. The van der Waals surface area contributed by atoms with Crippen molar-refractivity contribution in [2.45, 2.75) is 65.1 Å². The molecule has 1 saturated carbocycles. The topological polar surface area (TPSA) is 58.8 Å². The molecule has 0 unspecified atom stereocenters. The lowest BCUT2D eigenvalue weighted by Crippen LogP contribution is -2.63. The molecule has 1 aliphatic heterocycles. The summed E-state index contributed by atoms with van der Waals surface area (Å²) in [4.78, 5) is 16.2. The number of hydrogen-bond acceptors (Lipinski definition) is 5. The fourth-order valence-electron chi connectivity index (χ4n) is 4.69. The van der Waals surface area contributed by atoms with Crippen LogP contribution in [0.4, 0.5) is 4.79 Å². The van der Waals surface area contributed by atoms with Crippen molar-refractivity contribution < 1.29 is 14.1 Å². The second-order valence-electron chi connectivity index (χ2n) is 10.4. The van der Waals surface area contributed by atoms with Crippen molar-refractivity contribution in [3.05, 3.63) is 51.9 Å². The molecule has 7 heteroatoms. The lowest BCUT2D eigenvalue weighted by Gasteiger charge is -2.58. The van der Waals surface area contributed by atoms with E-state index in [2.05, 4.69) is 36.2 Å². The van der Waals surface area contributed by atoms with Gasteiger partial charge in [-0.1, -0.05) is 22.8 Å². The summed E-state index contributed by atoms with van der Waals surface area (Å²) in [7, 11) is 2.07. The summed E-state index contributed by atoms with van der Waals surface area (Å²) in [5, 5.41) is 5.09. The Bertz CT molecular complexity index is 951. The Morgan fingerprint density at radius 1 is 1.29 bits per heavy atom. The molecular formula is C24H32ClN3O3.